The summed E-state index contributed by atoms with van der Waals surface area (Å²) in [6, 6.07) is 2.14. The van der Waals surface area contributed by atoms with E-state index in [1.165, 1.54) is 26.6 Å². The van der Waals surface area contributed by atoms with E-state index < -0.39 is 27.7 Å². The number of aryl methyl sites for hydroxylation is 2. The highest BCUT2D eigenvalue weighted by Crippen LogP contribution is 2.45. The van der Waals surface area contributed by atoms with Gasteiger partial charge in [-0.3, -0.25) is 4.31 Å². The molecule has 10 nitrogen and oxygen atoms in total. The lowest BCUT2D eigenvalue weighted by Gasteiger charge is -2.34. The van der Waals surface area contributed by atoms with Crippen LogP contribution in [-0.2, 0) is 30.8 Å². The van der Waals surface area contributed by atoms with Crippen molar-refractivity contribution in [3.8, 4) is 0 Å². The molecule has 0 unspecified atom stereocenters. The van der Waals surface area contributed by atoms with Gasteiger partial charge in [0.25, 0.3) is 0 Å². The molecule has 3 heterocycles. The van der Waals surface area contributed by atoms with Gasteiger partial charge in [0.1, 0.15) is 0 Å². The highest BCUT2D eigenvalue weighted by molar-refractivity contribution is 7.92. The molecule has 0 bridgehead atoms. The van der Waals surface area contributed by atoms with Crippen LogP contribution in [0.3, 0.4) is 0 Å². The van der Waals surface area contributed by atoms with E-state index in [9.17, 15) is 13.2 Å². The third-order valence-electron chi connectivity index (χ3n) is 6.79. The van der Waals surface area contributed by atoms with Crippen molar-refractivity contribution in [3.05, 3.63) is 40.8 Å². The van der Waals surface area contributed by atoms with Gasteiger partial charge in [-0.1, -0.05) is 0 Å². The fourth-order valence-electron chi connectivity index (χ4n) is 4.97. The van der Waals surface area contributed by atoms with E-state index in [1.807, 2.05) is 39.5 Å². The lowest BCUT2D eigenvalue weighted by atomic mass is 9.91. The molecule has 0 amide bonds. The van der Waals surface area contributed by atoms with Gasteiger partial charge in [-0.25, -0.2) is 23.2 Å². The average Bonchev–Trinajstić information content (AvgIpc) is 3.16. The Labute approximate surface area is 218 Å². The number of carbonyl (C=O) groups is 1. The van der Waals surface area contributed by atoms with Gasteiger partial charge in [0.05, 0.1) is 48.3 Å². The number of esters is 1. The average molecular weight is 530 g/mol. The third-order valence-corrected chi connectivity index (χ3v) is 7.99. The number of anilines is 3. The zero-order valence-electron chi connectivity index (χ0n) is 22.9. The third kappa shape index (κ3) is 4.77. The van der Waals surface area contributed by atoms with Crippen molar-refractivity contribution in [3.63, 3.8) is 0 Å². The molecular weight excluding hydrogens is 494 g/mol. The predicted molar refractivity (Wildman–Crippen MR) is 144 cm³/mol. The minimum atomic E-state index is -3.44. The standard InChI is InChI=1S/C26H35N5O5S/c1-15-12-19-16(2)20(23(24(32)35-8)36-26(4,5)6)17(3)21-22(19)30(15)10-11-31(21)25-27-13-18(14-28-25)29(7)37(9,33)34/h12-14,23H,10-11H2,1-9H3/t23-/m0/s1. The number of nitrogens with zero attached hydrogens (tertiary/aromatic N) is 5. The number of sulfonamides is 1. The second-order valence-electron chi connectivity index (χ2n) is 10.5. The van der Waals surface area contributed by atoms with E-state index in [2.05, 4.69) is 27.5 Å². The summed E-state index contributed by atoms with van der Waals surface area (Å²) in [6.07, 6.45) is 3.23. The molecule has 0 saturated heterocycles. The van der Waals surface area contributed by atoms with Crippen molar-refractivity contribution >= 4 is 44.2 Å². The molecule has 0 aliphatic carbocycles. The van der Waals surface area contributed by atoms with Crippen LogP contribution in [0.5, 0.6) is 0 Å². The summed E-state index contributed by atoms with van der Waals surface area (Å²) in [6.45, 7) is 13.1. The summed E-state index contributed by atoms with van der Waals surface area (Å²) in [5.41, 5.74) is 5.45. The van der Waals surface area contributed by atoms with Crippen LogP contribution in [0.15, 0.2) is 18.5 Å². The van der Waals surface area contributed by atoms with Crippen molar-refractivity contribution in [2.75, 3.05) is 36.2 Å². The van der Waals surface area contributed by atoms with Crippen molar-refractivity contribution in [1.29, 1.82) is 0 Å². The van der Waals surface area contributed by atoms with E-state index in [4.69, 9.17) is 9.47 Å². The molecule has 1 atom stereocenters. The largest absolute Gasteiger partial charge is 0.467 e. The summed E-state index contributed by atoms with van der Waals surface area (Å²) in [7, 11) is -0.607. The monoisotopic (exact) mass is 529 g/mol. The maximum atomic E-state index is 13.0. The Morgan fingerprint density at radius 2 is 1.73 bits per heavy atom. The first kappa shape index (κ1) is 26.9. The van der Waals surface area contributed by atoms with Crippen LogP contribution in [-0.4, -0.2) is 61.5 Å². The van der Waals surface area contributed by atoms with Crippen molar-refractivity contribution in [2.24, 2.45) is 0 Å². The summed E-state index contributed by atoms with van der Waals surface area (Å²) < 4.78 is 38.7. The van der Waals surface area contributed by atoms with Gasteiger partial charge >= 0.3 is 5.97 Å². The molecular formula is C26H35N5O5S. The molecule has 37 heavy (non-hydrogen) atoms. The summed E-state index contributed by atoms with van der Waals surface area (Å²) in [5, 5.41) is 1.03. The van der Waals surface area contributed by atoms with Crippen LogP contribution in [0.1, 0.15) is 49.3 Å². The molecule has 0 radical (unpaired) electrons. The first-order chi connectivity index (χ1) is 17.2. The number of methoxy groups -OCH3 is 1. The molecule has 11 heteroatoms. The molecule has 0 fully saturated rings. The molecule has 0 N–H and O–H groups in total. The van der Waals surface area contributed by atoms with Gasteiger partial charge in [0, 0.05) is 36.8 Å². The van der Waals surface area contributed by atoms with Crippen LogP contribution < -0.4 is 9.21 Å². The highest BCUT2D eigenvalue weighted by atomic mass is 32.2. The number of benzene rings is 1. The number of hydrogen-bond donors (Lipinski definition) is 0. The van der Waals surface area contributed by atoms with E-state index >= 15 is 0 Å². The topological polar surface area (TPSA) is 107 Å². The minimum absolute atomic E-state index is 0.373. The number of ether oxygens (including phenoxy) is 2. The van der Waals surface area contributed by atoms with E-state index in [0.717, 1.165) is 56.1 Å². The summed E-state index contributed by atoms with van der Waals surface area (Å²) >= 11 is 0. The molecule has 2 aromatic heterocycles. The van der Waals surface area contributed by atoms with Crippen LogP contribution in [0, 0.1) is 20.8 Å². The highest BCUT2D eigenvalue weighted by Gasteiger charge is 2.36. The van der Waals surface area contributed by atoms with Gasteiger partial charge in [-0.2, -0.15) is 0 Å². The Kier molecular flexibility index (Phi) is 6.74. The van der Waals surface area contributed by atoms with Crippen LogP contribution in [0.2, 0.25) is 0 Å². The first-order valence-electron chi connectivity index (χ1n) is 12.1. The molecule has 4 rings (SSSR count). The Morgan fingerprint density at radius 1 is 1.11 bits per heavy atom. The van der Waals surface area contributed by atoms with E-state index in [1.54, 1.807) is 0 Å². The second kappa shape index (κ2) is 9.29. The Balaban J connectivity index is 1.94. The van der Waals surface area contributed by atoms with Crippen molar-refractivity contribution in [2.45, 2.75) is 59.8 Å². The van der Waals surface area contributed by atoms with Crippen LogP contribution >= 0.6 is 0 Å². The van der Waals surface area contributed by atoms with Crippen LogP contribution in [0.25, 0.3) is 10.9 Å². The number of rotatable bonds is 6. The number of carbonyl (C=O) groups excluding carboxylic acids is 1. The minimum Gasteiger partial charge on any atom is -0.467 e. The molecule has 200 valence electrons. The van der Waals surface area contributed by atoms with E-state index in [0.29, 0.717) is 18.2 Å². The maximum absolute atomic E-state index is 13.0. The second-order valence-corrected chi connectivity index (χ2v) is 12.5. The normalized spacial score (nSPS) is 14.7. The Morgan fingerprint density at radius 3 is 2.27 bits per heavy atom. The quantitative estimate of drug-likeness (QED) is 0.442. The molecule has 0 saturated carbocycles. The fourth-order valence-corrected chi connectivity index (χ4v) is 5.44. The SMILES string of the molecule is COC(=O)[C@@H](OC(C)(C)C)c1c(C)c2c3c(cc(C)n3CCN2c2ncc(N(C)S(C)(=O)=O)cn2)c1C. The molecule has 1 aromatic carbocycles. The Hall–Kier alpha value is -3.18. The number of hydrogen-bond acceptors (Lipinski definition) is 8. The van der Waals surface area contributed by atoms with Gasteiger partial charge in [0.15, 0.2) is 6.10 Å². The first-order valence-corrected chi connectivity index (χ1v) is 13.9. The molecule has 1 aliphatic rings. The summed E-state index contributed by atoms with van der Waals surface area (Å²) in [5.74, 6) is -0.0167. The summed E-state index contributed by atoms with van der Waals surface area (Å²) in [4.78, 5) is 24.1. The molecule has 3 aromatic rings. The lowest BCUT2D eigenvalue weighted by Crippen LogP contribution is -2.32. The van der Waals surface area contributed by atoms with Crippen molar-refractivity contribution in [1.82, 2.24) is 14.5 Å². The van der Waals surface area contributed by atoms with Gasteiger partial charge < -0.3 is 18.9 Å². The van der Waals surface area contributed by atoms with Gasteiger partial charge in [0.2, 0.25) is 16.0 Å². The number of aromatic nitrogens is 3. The maximum Gasteiger partial charge on any atom is 0.339 e. The van der Waals surface area contributed by atoms with Gasteiger partial charge in [-0.15, -0.1) is 0 Å². The fraction of sp³-hybridized carbons (Fsp3) is 0.500. The molecule has 1 aliphatic heterocycles. The zero-order valence-corrected chi connectivity index (χ0v) is 23.7. The molecule has 0 spiro atoms. The Bertz CT molecular complexity index is 1470. The lowest BCUT2D eigenvalue weighted by molar-refractivity contribution is -0.164. The smallest absolute Gasteiger partial charge is 0.339 e. The van der Waals surface area contributed by atoms with Crippen molar-refractivity contribution < 1.29 is 22.7 Å². The van der Waals surface area contributed by atoms with Crippen LogP contribution in [0.4, 0.5) is 17.3 Å². The van der Waals surface area contributed by atoms with Gasteiger partial charge in [-0.05, 0) is 58.7 Å². The zero-order chi connectivity index (χ0) is 27.4. The predicted octanol–water partition coefficient (Wildman–Crippen LogP) is 3.93. The van der Waals surface area contributed by atoms with E-state index in [-0.39, 0.29) is 0 Å².